The molecule has 0 rings (SSSR count). The summed E-state index contributed by atoms with van der Waals surface area (Å²) >= 11 is 1.39. The van der Waals surface area contributed by atoms with Gasteiger partial charge in [-0.3, -0.25) is 18.9 Å². The van der Waals surface area contributed by atoms with E-state index in [0.717, 1.165) is 63.5 Å². The highest BCUT2D eigenvalue weighted by atomic mass is 32.2. The van der Waals surface area contributed by atoms with Gasteiger partial charge in [-0.2, -0.15) is 0 Å². The maximum atomic E-state index is 12.1. The Kier molecular flexibility index (Phi) is 24.5. The van der Waals surface area contributed by atoms with E-state index in [-0.39, 0.29) is 24.6 Å². The average Bonchev–Trinajstić information content (AvgIpc) is 2.85. The molecule has 0 aromatic rings. The van der Waals surface area contributed by atoms with E-state index in [4.69, 9.17) is 19.3 Å². The molecule has 0 aliphatic carbocycles. The maximum absolute atomic E-state index is 12.1. The minimum atomic E-state index is -4.74. The van der Waals surface area contributed by atoms with Crippen LogP contribution in [0.2, 0.25) is 0 Å². The monoisotopic (exact) mass is 582 g/mol. The Labute approximate surface area is 233 Å². The molecule has 0 heterocycles. The number of phosphoric ester groups is 1. The second-order valence-corrected chi connectivity index (χ2v) is 12.2. The first kappa shape index (κ1) is 37.1. The molecule has 0 aromatic heterocycles. The summed E-state index contributed by atoms with van der Waals surface area (Å²) in [5.41, 5.74) is 0. The van der Waals surface area contributed by atoms with Crippen LogP contribution in [0.4, 0.5) is 0 Å². The van der Waals surface area contributed by atoms with Gasteiger partial charge in [0.25, 0.3) is 0 Å². The standard InChI is InChI=1S/C27H51O9PS/c1-3-4-5-6-10-14-17-20-27(30)36-25(23-35-37(31,32)33)22-34-26(29)19-16-13-11-8-7-9-12-15-18-21-38-24(2)28/h25H,3-23H2,1-2H3,(H2,31,32,33)/t25-/m0/s1. The number of thioether (sulfide) groups is 1. The van der Waals surface area contributed by atoms with E-state index in [1.165, 1.54) is 43.9 Å². The van der Waals surface area contributed by atoms with Crippen molar-refractivity contribution < 1.29 is 42.7 Å². The van der Waals surface area contributed by atoms with E-state index >= 15 is 0 Å². The van der Waals surface area contributed by atoms with Crippen molar-refractivity contribution in [3.05, 3.63) is 0 Å². The molecule has 2 N–H and O–H groups in total. The molecule has 0 bridgehead atoms. The summed E-state index contributed by atoms with van der Waals surface area (Å²) < 4.78 is 26.0. The summed E-state index contributed by atoms with van der Waals surface area (Å²) in [5, 5.41) is 0.181. The quantitative estimate of drug-likeness (QED) is 0.0631. The number of esters is 2. The van der Waals surface area contributed by atoms with Crippen molar-refractivity contribution in [1.82, 2.24) is 0 Å². The van der Waals surface area contributed by atoms with Gasteiger partial charge >= 0.3 is 19.8 Å². The summed E-state index contributed by atoms with van der Waals surface area (Å²) in [7, 11) is -4.74. The highest BCUT2D eigenvalue weighted by molar-refractivity contribution is 8.13. The first-order chi connectivity index (χ1) is 18.1. The lowest BCUT2D eigenvalue weighted by Crippen LogP contribution is -2.29. The van der Waals surface area contributed by atoms with Gasteiger partial charge < -0.3 is 19.3 Å². The van der Waals surface area contributed by atoms with Crippen LogP contribution in [0.15, 0.2) is 0 Å². The predicted molar refractivity (Wildman–Crippen MR) is 151 cm³/mol. The van der Waals surface area contributed by atoms with Crippen LogP contribution in [-0.4, -0.2) is 51.9 Å². The summed E-state index contributed by atoms with van der Waals surface area (Å²) in [4.78, 5) is 53.0. The van der Waals surface area contributed by atoms with Gasteiger partial charge in [-0.25, -0.2) is 4.57 Å². The van der Waals surface area contributed by atoms with Crippen molar-refractivity contribution in [1.29, 1.82) is 0 Å². The Hall–Kier alpha value is -0.930. The van der Waals surface area contributed by atoms with Gasteiger partial charge in [-0.05, 0) is 19.3 Å². The lowest BCUT2D eigenvalue weighted by atomic mass is 10.1. The second kappa shape index (κ2) is 25.1. The van der Waals surface area contributed by atoms with Crippen LogP contribution in [-0.2, 0) is 32.9 Å². The van der Waals surface area contributed by atoms with E-state index in [9.17, 15) is 18.9 Å². The summed E-state index contributed by atoms with van der Waals surface area (Å²) in [6.07, 6.45) is 16.3. The number of carbonyl (C=O) groups excluding carboxylic acids is 3. The van der Waals surface area contributed by atoms with E-state index in [0.29, 0.717) is 12.8 Å². The number of rotatable bonds is 26. The summed E-state index contributed by atoms with van der Waals surface area (Å²) in [6, 6.07) is 0. The zero-order valence-electron chi connectivity index (χ0n) is 23.5. The highest BCUT2D eigenvalue weighted by Crippen LogP contribution is 2.35. The van der Waals surface area contributed by atoms with Crippen molar-refractivity contribution in [3.63, 3.8) is 0 Å². The fourth-order valence-corrected chi connectivity index (χ4v) is 4.85. The Morgan fingerprint density at radius 1 is 0.711 bits per heavy atom. The van der Waals surface area contributed by atoms with E-state index in [2.05, 4.69) is 11.4 Å². The Morgan fingerprint density at radius 2 is 1.18 bits per heavy atom. The van der Waals surface area contributed by atoms with Gasteiger partial charge in [-0.15, -0.1) is 0 Å². The second-order valence-electron chi connectivity index (χ2n) is 9.72. The molecule has 0 fully saturated rings. The van der Waals surface area contributed by atoms with E-state index < -0.39 is 32.5 Å². The normalized spacial score (nSPS) is 12.3. The summed E-state index contributed by atoms with van der Waals surface area (Å²) in [6.45, 7) is 2.91. The van der Waals surface area contributed by atoms with Crippen LogP contribution in [0.1, 0.15) is 129 Å². The molecule has 0 aliphatic heterocycles. The number of phosphoric acid groups is 1. The summed E-state index contributed by atoms with van der Waals surface area (Å²) in [5.74, 6) is -0.0218. The molecule has 9 nitrogen and oxygen atoms in total. The van der Waals surface area contributed by atoms with Crippen LogP contribution < -0.4 is 0 Å². The molecule has 0 aliphatic rings. The lowest BCUT2D eigenvalue weighted by molar-refractivity contribution is -0.161. The van der Waals surface area contributed by atoms with Crippen LogP contribution in [0.5, 0.6) is 0 Å². The first-order valence-corrected chi connectivity index (χ1v) is 16.8. The minimum absolute atomic E-state index is 0.181. The van der Waals surface area contributed by atoms with Crippen molar-refractivity contribution in [3.8, 4) is 0 Å². The first-order valence-electron chi connectivity index (χ1n) is 14.3. The molecule has 11 heteroatoms. The van der Waals surface area contributed by atoms with Gasteiger partial charge in [0.15, 0.2) is 11.2 Å². The third kappa shape index (κ3) is 28.1. The fraction of sp³-hybridized carbons (Fsp3) is 0.889. The van der Waals surface area contributed by atoms with Crippen LogP contribution in [0.3, 0.4) is 0 Å². The largest absolute Gasteiger partial charge is 0.469 e. The average molecular weight is 583 g/mol. The predicted octanol–water partition coefficient (Wildman–Crippen LogP) is 6.87. The number of unbranched alkanes of at least 4 members (excludes halogenated alkanes) is 14. The zero-order valence-corrected chi connectivity index (χ0v) is 25.2. The van der Waals surface area contributed by atoms with Crippen LogP contribution in [0.25, 0.3) is 0 Å². The van der Waals surface area contributed by atoms with Crippen LogP contribution in [0, 0.1) is 0 Å². The topological polar surface area (TPSA) is 136 Å². The molecular formula is C27H51O9PS. The molecule has 0 amide bonds. The number of hydrogen-bond donors (Lipinski definition) is 2. The molecule has 224 valence electrons. The maximum Gasteiger partial charge on any atom is 0.469 e. The van der Waals surface area contributed by atoms with Gasteiger partial charge in [0.1, 0.15) is 6.61 Å². The molecule has 1 atom stereocenters. The van der Waals surface area contributed by atoms with Gasteiger partial charge in [0.2, 0.25) is 0 Å². The van der Waals surface area contributed by atoms with Gasteiger partial charge in [0.05, 0.1) is 6.61 Å². The third-order valence-corrected chi connectivity index (χ3v) is 7.36. The van der Waals surface area contributed by atoms with Crippen molar-refractivity contribution in [2.45, 2.75) is 136 Å². The fourth-order valence-electron chi connectivity index (χ4n) is 3.85. The SMILES string of the molecule is CCCCCCCCCC(=O)O[C@@H](COC(=O)CCCCCCCCCCCSC(C)=O)COP(=O)(O)O. The molecule has 0 aromatic carbocycles. The molecular weight excluding hydrogens is 531 g/mol. The lowest BCUT2D eigenvalue weighted by Gasteiger charge is -2.18. The number of carbonyl (C=O) groups is 3. The minimum Gasteiger partial charge on any atom is -0.462 e. The Bertz CT molecular complexity index is 669. The van der Waals surface area contributed by atoms with Gasteiger partial charge in [-0.1, -0.05) is 102 Å². The van der Waals surface area contributed by atoms with Crippen molar-refractivity contribution in [2.75, 3.05) is 19.0 Å². The molecule has 0 saturated heterocycles. The third-order valence-electron chi connectivity index (χ3n) is 5.97. The van der Waals surface area contributed by atoms with E-state index in [1.807, 2.05) is 0 Å². The van der Waals surface area contributed by atoms with Crippen molar-refractivity contribution in [2.24, 2.45) is 0 Å². The van der Waals surface area contributed by atoms with E-state index in [1.54, 1.807) is 6.92 Å². The smallest absolute Gasteiger partial charge is 0.462 e. The molecule has 0 radical (unpaired) electrons. The Morgan fingerprint density at radius 3 is 1.68 bits per heavy atom. The Balaban J connectivity index is 4.00. The number of hydrogen-bond acceptors (Lipinski definition) is 8. The van der Waals surface area contributed by atoms with Gasteiger partial charge in [0, 0.05) is 25.5 Å². The molecule has 0 saturated carbocycles. The zero-order chi connectivity index (χ0) is 28.5. The molecule has 0 unspecified atom stereocenters. The molecule has 0 spiro atoms. The van der Waals surface area contributed by atoms with Crippen LogP contribution >= 0.6 is 19.6 Å². The molecule has 38 heavy (non-hydrogen) atoms. The number of ether oxygens (including phenoxy) is 2. The van der Waals surface area contributed by atoms with Crippen molar-refractivity contribution >= 4 is 36.6 Å². The highest BCUT2D eigenvalue weighted by Gasteiger charge is 2.22.